The second-order valence-electron chi connectivity index (χ2n) is 3.88. The highest BCUT2D eigenvalue weighted by molar-refractivity contribution is 7.89. The molecule has 0 atom stereocenters. The number of aryl methyl sites for hydroxylation is 1. The molecule has 2 rings (SSSR count). The van der Waals surface area contributed by atoms with Gasteiger partial charge in [0.05, 0.1) is 4.90 Å². The van der Waals surface area contributed by atoms with E-state index in [0.717, 1.165) is 5.56 Å². The Morgan fingerprint density at radius 1 is 1.27 bits per heavy atom. The summed E-state index contributed by atoms with van der Waals surface area (Å²) < 4.78 is 26.1. The molecule has 0 radical (unpaired) electrons. The second-order valence-corrected chi connectivity index (χ2v) is 6.29. The first kappa shape index (κ1) is 10.9. The van der Waals surface area contributed by atoms with E-state index < -0.39 is 15.0 Å². The van der Waals surface area contributed by atoms with Crippen LogP contribution in [0.4, 0.5) is 0 Å². The molecule has 0 saturated heterocycles. The smallest absolute Gasteiger partial charge is 0.207 e. The van der Waals surface area contributed by atoms with Gasteiger partial charge in [0.1, 0.15) is 5.00 Å². The van der Waals surface area contributed by atoms with Gasteiger partial charge in [0.2, 0.25) is 10.0 Å². The van der Waals surface area contributed by atoms with Gasteiger partial charge in [0.15, 0.2) is 0 Å². The van der Waals surface area contributed by atoms with Crippen LogP contribution in [0.3, 0.4) is 0 Å². The predicted molar refractivity (Wildman–Crippen MR) is 59.3 cm³/mol. The van der Waals surface area contributed by atoms with Gasteiger partial charge in [-0.25, -0.2) is 8.42 Å². The van der Waals surface area contributed by atoms with E-state index in [4.69, 9.17) is 11.6 Å². The Morgan fingerprint density at radius 3 is 2.27 bits per heavy atom. The number of alkyl halides is 1. The first-order valence-corrected chi connectivity index (χ1v) is 6.57. The van der Waals surface area contributed by atoms with E-state index in [9.17, 15) is 8.42 Å². The highest BCUT2D eigenvalue weighted by Gasteiger charge is 2.44. The maximum absolute atomic E-state index is 11.8. The molecule has 0 aromatic heterocycles. The molecule has 1 fully saturated rings. The van der Waals surface area contributed by atoms with Crippen molar-refractivity contribution in [3.8, 4) is 0 Å². The van der Waals surface area contributed by atoms with E-state index in [0.29, 0.717) is 12.8 Å². The summed E-state index contributed by atoms with van der Waals surface area (Å²) in [6, 6.07) is 6.70. The molecule has 3 nitrogen and oxygen atoms in total. The van der Waals surface area contributed by atoms with Crippen LogP contribution in [0.1, 0.15) is 18.4 Å². The standard InChI is InChI=1S/C10H12ClNO2S/c1-8-2-4-9(5-3-8)15(13,14)12-10(11)6-7-10/h2-5,12H,6-7H2,1H3. The van der Waals surface area contributed by atoms with Crippen LogP contribution in [0.15, 0.2) is 29.2 Å². The number of benzene rings is 1. The van der Waals surface area contributed by atoms with E-state index in [1.807, 2.05) is 6.92 Å². The van der Waals surface area contributed by atoms with Crippen LogP contribution in [0, 0.1) is 6.92 Å². The van der Waals surface area contributed by atoms with Gasteiger partial charge in [-0.05, 0) is 31.9 Å². The molecular formula is C10H12ClNO2S. The van der Waals surface area contributed by atoms with Crippen molar-refractivity contribution in [1.82, 2.24) is 4.72 Å². The van der Waals surface area contributed by atoms with E-state index in [1.165, 1.54) is 0 Å². The van der Waals surface area contributed by atoms with Gasteiger partial charge in [-0.3, -0.25) is 0 Å². The summed E-state index contributed by atoms with van der Waals surface area (Å²) in [7, 11) is -3.45. The second kappa shape index (κ2) is 3.47. The summed E-state index contributed by atoms with van der Waals surface area (Å²) >= 11 is 5.92. The first-order chi connectivity index (χ1) is 6.91. The van der Waals surface area contributed by atoms with Crippen LogP contribution in [0.5, 0.6) is 0 Å². The zero-order valence-corrected chi connectivity index (χ0v) is 9.90. The van der Waals surface area contributed by atoms with Crippen molar-refractivity contribution >= 4 is 21.6 Å². The van der Waals surface area contributed by atoms with E-state index in [1.54, 1.807) is 24.3 Å². The maximum atomic E-state index is 11.8. The molecule has 0 aliphatic heterocycles. The average molecular weight is 246 g/mol. The molecule has 1 aliphatic rings. The van der Waals surface area contributed by atoms with Crippen molar-refractivity contribution in [2.45, 2.75) is 29.7 Å². The quantitative estimate of drug-likeness (QED) is 0.654. The third-order valence-electron chi connectivity index (χ3n) is 2.34. The molecule has 1 N–H and O–H groups in total. The van der Waals surface area contributed by atoms with Gasteiger partial charge in [-0.1, -0.05) is 17.7 Å². The Morgan fingerprint density at radius 2 is 1.80 bits per heavy atom. The van der Waals surface area contributed by atoms with Crippen molar-refractivity contribution in [1.29, 1.82) is 0 Å². The fraction of sp³-hybridized carbons (Fsp3) is 0.400. The number of hydrogen-bond donors (Lipinski definition) is 1. The van der Waals surface area contributed by atoms with Crippen LogP contribution in [0.2, 0.25) is 0 Å². The predicted octanol–water partition coefficient (Wildman–Crippen LogP) is 2.00. The minimum atomic E-state index is -3.45. The fourth-order valence-corrected chi connectivity index (χ4v) is 2.93. The van der Waals surface area contributed by atoms with Crippen LogP contribution in [0.25, 0.3) is 0 Å². The lowest BCUT2D eigenvalue weighted by Crippen LogP contribution is -2.32. The molecule has 15 heavy (non-hydrogen) atoms. The zero-order valence-electron chi connectivity index (χ0n) is 8.33. The van der Waals surface area contributed by atoms with Gasteiger partial charge in [0, 0.05) is 0 Å². The van der Waals surface area contributed by atoms with Crippen molar-refractivity contribution in [3.63, 3.8) is 0 Å². The largest absolute Gasteiger partial charge is 0.242 e. The topological polar surface area (TPSA) is 46.2 Å². The Kier molecular flexibility index (Phi) is 2.53. The maximum Gasteiger partial charge on any atom is 0.242 e. The van der Waals surface area contributed by atoms with E-state index in [-0.39, 0.29) is 4.90 Å². The summed E-state index contributed by atoms with van der Waals surface area (Å²) in [4.78, 5) is -0.469. The molecule has 1 aromatic carbocycles. The number of hydrogen-bond acceptors (Lipinski definition) is 2. The molecule has 1 aromatic rings. The lowest BCUT2D eigenvalue weighted by atomic mass is 10.2. The normalized spacial score (nSPS) is 18.8. The van der Waals surface area contributed by atoms with Crippen LogP contribution < -0.4 is 4.72 Å². The summed E-state index contributed by atoms with van der Waals surface area (Å²) in [5.41, 5.74) is 1.03. The highest BCUT2D eigenvalue weighted by atomic mass is 35.5. The summed E-state index contributed by atoms with van der Waals surface area (Å²) in [5, 5.41) is 0. The molecule has 1 aliphatic carbocycles. The molecule has 5 heteroatoms. The van der Waals surface area contributed by atoms with Gasteiger partial charge >= 0.3 is 0 Å². The molecule has 0 bridgehead atoms. The minimum absolute atomic E-state index is 0.264. The Labute approximate surface area is 94.5 Å². The monoisotopic (exact) mass is 245 g/mol. The van der Waals surface area contributed by atoms with E-state index >= 15 is 0 Å². The summed E-state index contributed by atoms with van der Waals surface area (Å²) in [6.45, 7) is 1.91. The van der Waals surface area contributed by atoms with Crippen LogP contribution in [-0.2, 0) is 10.0 Å². The summed E-state index contributed by atoms with van der Waals surface area (Å²) in [5.74, 6) is 0. The third kappa shape index (κ3) is 2.51. The Balaban J connectivity index is 2.25. The molecule has 82 valence electrons. The number of rotatable bonds is 3. The highest BCUT2D eigenvalue weighted by Crippen LogP contribution is 2.40. The molecule has 0 amide bonds. The van der Waals surface area contributed by atoms with Crippen molar-refractivity contribution in [2.24, 2.45) is 0 Å². The molecule has 1 saturated carbocycles. The van der Waals surface area contributed by atoms with Crippen molar-refractivity contribution in [2.75, 3.05) is 0 Å². The Bertz CT molecular complexity index is 463. The van der Waals surface area contributed by atoms with Crippen LogP contribution in [-0.4, -0.2) is 13.4 Å². The number of sulfonamides is 1. The van der Waals surface area contributed by atoms with E-state index in [2.05, 4.69) is 4.72 Å². The summed E-state index contributed by atoms with van der Waals surface area (Å²) in [6.07, 6.45) is 1.39. The first-order valence-electron chi connectivity index (χ1n) is 4.71. The van der Waals surface area contributed by atoms with Gasteiger partial charge in [0.25, 0.3) is 0 Å². The molecular weight excluding hydrogens is 234 g/mol. The number of nitrogens with one attached hydrogen (secondary N) is 1. The minimum Gasteiger partial charge on any atom is -0.207 e. The lowest BCUT2D eigenvalue weighted by molar-refractivity contribution is 0.576. The van der Waals surface area contributed by atoms with Crippen molar-refractivity contribution in [3.05, 3.63) is 29.8 Å². The molecule has 0 unspecified atom stereocenters. The van der Waals surface area contributed by atoms with Crippen molar-refractivity contribution < 1.29 is 8.42 Å². The number of halogens is 1. The molecule has 0 heterocycles. The van der Waals surface area contributed by atoms with Crippen LogP contribution >= 0.6 is 11.6 Å². The third-order valence-corrected chi connectivity index (χ3v) is 4.47. The van der Waals surface area contributed by atoms with Gasteiger partial charge in [-0.15, -0.1) is 11.6 Å². The zero-order chi connectivity index (χ0) is 11.1. The van der Waals surface area contributed by atoms with Gasteiger partial charge < -0.3 is 0 Å². The van der Waals surface area contributed by atoms with Gasteiger partial charge in [-0.2, -0.15) is 4.72 Å². The fourth-order valence-electron chi connectivity index (χ4n) is 1.23. The lowest BCUT2D eigenvalue weighted by Gasteiger charge is -2.10. The molecule has 0 spiro atoms. The Hall–Kier alpha value is -0.580. The SMILES string of the molecule is Cc1ccc(S(=O)(=O)NC2(Cl)CC2)cc1. The average Bonchev–Trinajstić information content (AvgIpc) is 2.82.